The van der Waals surface area contributed by atoms with Crippen molar-refractivity contribution in [3.05, 3.63) is 77.1 Å². The van der Waals surface area contributed by atoms with Gasteiger partial charge in [0.05, 0.1) is 0 Å². The average molecular weight is 386 g/mol. The minimum Gasteiger partial charge on any atom is -0.311 e. The molecule has 5 heteroatoms. The van der Waals surface area contributed by atoms with E-state index in [9.17, 15) is 4.79 Å². The Labute approximate surface area is 172 Å². The summed E-state index contributed by atoms with van der Waals surface area (Å²) >= 11 is 0. The fourth-order valence-electron chi connectivity index (χ4n) is 4.02. The highest BCUT2D eigenvalue weighted by Gasteiger charge is 2.32. The van der Waals surface area contributed by atoms with Gasteiger partial charge in [-0.25, -0.2) is 9.97 Å². The first-order valence-electron chi connectivity index (χ1n) is 10.1. The molecule has 4 rings (SSSR count). The maximum Gasteiger partial charge on any atom is 0.277 e. The fourth-order valence-corrected chi connectivity index (χ4v) is 4.02. The zero-order valence-corrected chi connectivity index (χ0v) is 17.4. The van der Waals surface area contributed by atoms with Gasteiger partial charge < -0.3 is 9.80 Å². The zero-order valence-electron chi connectivity index (χ0n) is 17.4. The van der Waals surface area contributed by atoms with E-state index >= 15 is 0 Å². The van der Waals surface area contributed by atoms with E-state index in [-0.39, 0.29) is 11.9 Å². The number of benzene rings is 2. The first-order chi connectivity index (χ1) is 14.0. The highest BCUT2D eigenvalue weighted by molar-refractivity contribution is 6.06. The molecule has 1 atom stereocenters. The smallest absolute Gasteiger partial charge is 0.277 e. The molecule has 1 amide bonds. The predicted molar refractivity (Wildman–Crippen MR) is 117 cm³/mol. The van der Waals surface area contributed by atoms with E-state index in [1.165, 1.54) is 11.1 Å². The molecule has 0 spiro atoms. The van der Waals surface area contributed by atoms with Crippen molar-refractivity contribution in [2.75, 3.05) is 16.3 Å². The number of hydrogen-bond donors (Lipinski definition) is 0. The first-order valence-corrected chi connectivity index (χ1v) is 10.1. The summed E-state index contributed by atoms with van der Waals surface area (Å²) in [6, 6.07) is 18.2. The SMILES string of the molecule is CCN(c1cccc(C)c1)c1nc(C)cc(C(=O)N2c3ccccc3CC2C)n1. The number of nitrogens with zero attached hydrogens (tertiary/aromatic N) is 4. The lowest BCUT2D eigenvalue weighted by Gasteiger charge is -2.25. The first kappa shape index (κ1) is 19.1. The Kier molecular flexibility index (Phi) is 5.05. The Morgan fingerprint density at radius 2 is 1.90 bits per heavy atom. The fraction of sp³-hybridized carbons (Fsp3) is 0.292. The standard InChI is InChI=1S/C24H26N4O/c1-5-27(20-11-8-9-16(2)13-20)24-25-17(3)14-21(26-24)23(29)28-18(4)15-19-10-6-7-12-22(19)28/h6-14,18H,5,15H2,1-4H3. The second-order valence-corrected chi connectivity index (χ2v) is 7.63. The maximum absolute atomic E-state index is 13.4. The Hall–Kier alpha value is -3.21. The highest BCUT2D eigenvalue weighted by Crippen LogP contribution is 2.33. The normalized spacial score (nSPS) is 15.3. The lowest BCUT2D eigenvalue weighted by atomic mass is 10.1. The molecule has 148 valence electrons. The van der Waals surface area contributed by atoms with Gasteiger partial charge in [-0.2, -0.15) is 0 Å². The van der Waals surface area contributed by atoms with E-state index in [1.54, 1.807) is 6.07 Å². The molecular weight excluding hydrogens is 360 g/mol. The van der Waals surface area contributed by atoms with Gasteiger partial charge in [-0.05, 0) is 69.5 Å². The molecule has 2 aromatic carbocycles. The molecule has 5 nitrogen and oxygen atoms in total. The summed E-state index contributed by atoms with van der Waals surface area (Å²) in [6.07, 6.45) is 0.864. The monoisotopic (exact) mass is 386 g/mol. The van der Waals surface area contributed by atoms with Gasteiger partial charge in [-0.15, -0.1) is 0 Å². The van der Waals surface area contributed by atoms with E-state index < -0.39 is 0 Å². The van der Waals surface area contributed by atoms with Crippen molar-refractivity contribution in [2.24, 2.45) is 0 Å². The summed E-state index contributed by atoms with van der Waals surface area (Å²) in [4.78, 5) is 26.7. The molecule has 1 unspecified atom stereocenters. The summed E-state index contributed by atoms with van der Waals surface area (Å²) in [7, 11) is 0. The van der Waals surface area contributed by atoms with Crippen LogP contribution in [0.15, 0.2) is 54.6 Å². The van der Waals surface area contributed by atoms with E-state index in [1.807, 2.05) is 47.1 Å². The molecule has 29 heavy (non-hydrogen) atoms. The van der Waals surface area contributed by atoms with Gasteiger partial charge in [-0.3, -0.25) is 4.79 Å². The second-order valence-electron chi connectivity index (χ2n) is 7.63. The summed E-state index contributed by atoms with van der Waals surface area (Å²) in [5.74, 6) is 0.482. The third-order valence-corrected chi connectivity index (χ3v) is 5.36. The summed E-state index contributed by atoms with van der Waals surface area (Å²) in [5.41, 5.74) is 5.60. The molecule has 0 N–H and O–H groups in total. The number of fused-ring (bicyclic) bond motifs is 1. The number of para-hydroxylation sites is 1. The Morgan fingerprint density at radius 3 is 2.66 bits per heavy atom. The van der Waals surface area contributed by atoms with Crippen molar-refractivity contribution in [1.82, 2.24) is 9.97 Å². The molecule has 0 saturated carbocycles. The lowest BCUT2D eigenvalue weighted by molar-refractivity contribution is 0.0976. The van der Waals surface area contributed by atoms with Crippen molar-refractivity contribution < 1.29 is 4.79 Å². The van der Waals surface area contributed by atoms with Gasteiger partial charge >= 0.3 is 0 Å². The number of carbonyl (C=O) groups excluding carboxylic acids is 1. The molecule has 0 radical (unpaired) electrons. The van der Waals surface area contributed by atoms with Gasteiger partial charge in [-0.1, -0.05) is 30.3 Å². The third-order valence-electron chi connectivity index (χ3n) is 5.36. The van der Waals surface area contributed by atoms with Crippen molar-refractivity contribution in [1.29, 1.82) is 0 Å². The van der Waals surface area contributed by atoms with E-state index in [2.05, 4.69) is 48.9 Å². The summed E-state index contributed by atoms with van der Waals surface area (Å²) < 4.78 is 0. The van der Waals surface area contributed by atoms with Crippen molar-refractivity contribution in [2.45, 2.75) is 40.2 Å². The van der Waals surface area contributed by atoms with Crippen LogP contribution in [0.25, 0.3) is 0 Å². The molecule has 0 bridgehead atoms. The van der Waals surface area contributed by atoms with Crippen LogP contribution in [-0.2, 0) is 6.42 Å². The van der Waals surface area contributed by atoms with Crippen LogP contribution in [0, 0.1) is 13.8 Å². The minimum atomic E-state index is -0.0745. The quantitative estimate of drug-likeness (QED) is 0.644. The molecule has 1 aliphatic rings. The summed E-state index contributed by atoms with van der Waals surface area (Å²) in [6.45, 7) is 8.83. The van der Waals surface area contributed by atoms with Crippen LogP contribution in [0.1, 0.15) is 41.2 Å². The number of rotatable bonds is 4. The van der Waals surface area contributed by atoms with Crippen molar-refractivity contribution >= 4 is 23.2 Å². The van der Waals surface area contributed by atoms with Gasteiger partial charge in [0.2, 0.25) is 5.95 Å². The Morgan fingerprint density at radius 1 is 1.10 bits per heavy atom. The molecule has 0 fully saturated rings. The van der Waals surface area contributed by atoms with Crippen molar-refractivity contribution in [3.63, 3.8) is 0 Å². The van der Waals surface area contributed by atoms with Crippen LogP contribution >= 0.6 is 0 Å². The largest absolute Gasteiger partial charge is 0.311 e. The number of carbonyl (C=O) groups is 1. The zero-order chi connectivity index (χ0) is 20.5. The van der Waals surface area contributed by atoms with Crippen LogP contribution < -0.4 is 9.80 Å². The number of aryl methyl sites for hydroxylation is 2. The number of anilines is 3. The molecular formula is C24H26N4O. The van der Waals surface area contributed by atoms with Crippen LogP contribution in [-0.4, -0.2) is 28.5 Å². The molecule has 2 heterocycles. The number of amides is 1. The third kappa shape index (κ3) is 3.60. The predicted octanol–water partition coefficient (Wildman–Crippen LogP) is 4.84. The number of aromatic nitrogens is 2. The topological polar surface area (TPSA) is 49.3 Å². The van der Waals surface area contributed by atoms with E-state index in [0.29, 0.717) is 18.2 Å². The van der Waals surface area contributed by atoms with Crippen molar-refractivity contribution in [3.8, 4) is 0 Å². The maximum atomic E-state index is 13.4. The Balaban J connectivity index is 1.73. The average Bonchev–Trinajstić information content (AvgIpc) is 3.03. The second kappa shape index (κ2) is 7.66. The van der Waals surface area contributed by atoms with Crippen LogP contribution in [0.2, 0.25) is 0 Å². The minimum absolute atomic E-state index is 0.0745. The summed E-state index contributed by atoms with van der Waals surface area (Å²) in [5, 5.41) is 0. The van der Waals surface area contributed by atoms with E-state index in [4.69, 9.17) is 0 Å². The molecule has 1 aliphatic heterocycles. The van der Waals surface area contributed by atoms with Gasteiger partial charge in [0, 0.05) is 29.7 Å². The van der Waals surface area contributed by atoms with E-state index in [0.717, 1.165) is 23.5 Å². The van der Waals surface area contributed by atoms with Gasteiger partial charge in [0.25, 0.3) is 5.91 Å². The number of hydrogen-bond acceptors (Lipinski definition) is 4. The van der Waals surface area contributed by atoms with Crippen LogP contribution in [0.4, 0.5) is 17.3 Å². The van der Waals surface area contributed by atoms with Gasteiger partial charge in [0.1, 0.15) is 5.69 Å². The molecule has 0 aliphatic carbocycles. The molecule has 1 aromatic heterocycles. The van der Waals surface area contributed by atoms with Crippen LogP contribution in [0.5, 0.6) is 0 Å². The lowest BCUT2D eigenvalue weighted by Crippen LogP contribution is -2.36. The van der Waals surface area contributed by atoms with Crippen LogP contribution in [0.3, 0.4) is 0 Å². The molecule has 3 aromatic rings. The van der Waals surface area contributed by atoms with Gasteiger partial charge in [0.15, 0.2) is 0 Å². The highest BCUT2D eigenvalue weighted by atomic mass is 16.2. The Bertz CT molecular complexity index is 1060. The molecule has 0 saturated heterocycles.